The van der Waals surface area contributed by atoms with Gasteiger partial charge >= 0.3 is 6.03 Å². The van der Waals surface area contributed by atoms with E-state index in [0.717, 1.165) is 37.4 Å². The lowest BCUT2D eigenvalue weighted by molar-refractivity contribution is -0.0974. The molecule has 0 atom stereocenters. The van der Waals surface area contributed by atoms with Gasteiger partial charge in [-0.15, -0.1) is 10.2 Å². The van der Waals surface area contributed by atoms with Gasteiger partial charge in [0.05, 0.1) is 24.2 Å². The normalized spacial score (nSPS) is 16.3. The van der Waals surface area contributed by atoms with Gasteiger partial charge in [-0.1, -0.05) is 33.0 Å². The second-order valence-electron chi connectivity index (χ2n) is 13.4. The molecule has 0 unspecified atom stereocenters. The predicted molar refractivity (Wildman–Crippen MR) is 166 cm³/mol. The zero-order valence-electron chi connectivity index (χ0n) is 25.9. The Balaban J connectivity index is 1.27. The first-order valence-corrected chi connectivity index (χ1v) is 18.9. The molecule has 1 saturated carbocycles. The topological polar surface area (TPSA) is 126 Å². The van der Waals surface area contributed by atoms with E-state index in [0.29, 0.717) is 48.9 Å². The van der Waals surface area contributed by atoms with E-state index < -0.39 is 31.5 Å². The molecule has 2 aliphatic rings. The average Bonchev–Trinajstić information content (AvgIpc) is 3.55. The van der Waals surface area contributed by atoms with Crippen LogP contribution in [0.25, 0.3) is 22.5 Å². The average molecular weight is 641 g/mol. The lowest BCUT2D eigenvalue weighted by atomic mass is 9.85. The highest BCUT2D eigenvalue weighted by atomic mass is 28.3. The van der Waals surface area contributed by atoms with Crippen molar-refractivity contribution in [3.63, 3.8) is 0 Å². The fraction of sp³-hybridized carbons (Fsp3) is 0.484. The van der Waals surface area contributed by atoms with Crippen molar-refractivity contribution in [2.75, 3.05) is 31.7 Å². The van der Waals surface area contributed by atoms with Crippen molar-refractivity contribution < 1.29 is 32.2 Å². The van der Waals surface area contributed by atoms with Crippen LogP contribution in [0.4, 0.5) is 19.3 Å². The summed E-state index contributed by atoms with van der Waals surface area (Å²) < 4.78 is 55.6. The van der Waals surface area contributed by atoms with Crippen LogP contribution in [0, 0.1) is 17.0 Å². The highest BCUT2D eigenvalue weighted by Gasteiger charge is 2.33. The number of pyridine rings is 1. The first-order chi connectivity index (χ1) is 21.5. The van der Waals surface area contributed by atoms with Crippen LogP contribution in [0.15, 0.2) is 35.0 Å². The smallest absolute Gasteiger partial charge is 0.319 e. The zero-order chi connectivity index (χ0) is 31.8. The number of benzene rings is 1. The maximum atomic E-state index is 15.3. The van der Waals surface area contributed by atoms with Crippen LogP contribution < -0.4 is 15.4 Å². The van der Waals surface area contributed by atoms with Crippen molar-refractivity contribution in [3.05, 3.63) is 48.1 Å². The monoisotopic (exact) mass is 640 g/mol. The summed E-state index contributed by atoms with van der Waals surface area (Å²) in [5.74, 6) is -1.41. The molecule has 4 aromatic rings. The van der Waals surface area contributed by atoms with E-state index in [1.165, 1.54) is 12.3 Å². The molecular formula is C31H38F2N6O5Si. The SMILES string of the molecule is CC1(CNC(=O)Nc2cc(F)c(Oc3ccnc4c3c(-c3nnc(C5CCC5)o3)cn4COCC[Si](C)(C)C)c(F)c2)COC1. The molecule has 1 aliphatic carbocycles. The Kier molecular flexibility index (Phi) is 8.63. The number of halogens is 2. The molecule has 0 spiro atoms. The van der Waals surface area contributed by atoms with Crippen LogP contribution in [0.1, 0.15) is 38.0 Å². The number of fused-ring (bicyclic) bond motifs is 1. The summed E-state index contributed by atoms with van der Waals surface area (Å²) in [7, 11) is -1.30. The van der Waals surface area contributed by atoms with Gasteiger partial charge in [0.2, 0.25) is 11.8 Å². The van der Waals surface area contributed by atoms with Gasteiger partial charge in [0.1, 0.15) is 18.1 Å². The number of aromatic nitrogens is 4. The second kappa shape index (κ2) is 12.5. The van der Waals surface area contributed by atoms with Crippen LogP contribution in [-0.4, -0.2) is 60.2 Å². The van der Waals surface area contributed by atoms with Gasteiger partial charge in [0, 0.05) is 62.8 Å². The molecule has 0 bridgehead atoms. The number of carbonyl (C=O) groups is 1. The number of carbonyl (C=O) groups excluding carboxylic acids is 1. The third kappa shape index (κ3) is 7.02. The van der Waals surface area contributed by atoms with Gasteiger partial charge in [-0.2, -0.15) is 0 Å². The number of urea groups is 1. The van der Waals surface area contributed by atoms with E-state index in [2.05, 4.69) is 45.5 Å². The number of nitrogens with one attached hydrogen (secondary N) is 2. The Hall–Kier alpha value is -3.88. The first-order valence-electron chi connectivity index (χ1n) is 15.2. The Labute approximate surface area is 260 Å². The van der Waals surface area contributed by atoms with E-state index in [1.807, 2.05) is 6.92 Å². The number of amides is 2. The van der Waals surface area contributed by atoms with Crippen molar-refractivity contribution in [1.82, 2.24) is 25.1 Å². The Bertz CT molecular complexity index is 1670. The molecule has 4 heterocycles. The van der Waals surface area contributed by atoms with Gasteiger partial charge in [-0.25, -0.2) is 18.6 Å². The molecule has 2 amide bonds. The number of rotatable bonds is 12. The molecule has 11 nitrogen and oxygen atoms in total. The van der Waals surface area contributed by atoms with E-state index in [-0.39, 0.29) is 35.4 Å². The summed E-state index contributed by atoms with van der Waals surface area (Å²) in [5.41, 5.74) is 0.780. The Morgan fingerprint density at radius 2 is 1.93 bits per heavy atom. The molecule has 1 aromatic carbocycles. The van der Waals surface area contributed by atoms with Gasteiger partial charge in [-0.3, -0.25) is 0 Å². The zero-order valence-corrected chi connectivity index (χ0v) is 26.9. The first kappa shape index (κ1) is 31.1. The minimum atomic E-state index is -1.30. The summed E-state index contributed by atoms with van der Waals surface area (Å²) in [4.78, 5) is 16.9. The van der Waals surface area contributed by atoms with Crippen LogP contribution in [-0.2, 0) is 16.2 Å². The molecule has 2 N–H and O–H groups in total. The maximum absolute atomic E-state index is 15.3. The number of anilines is 1. The van der Waals surface area contributed by atoms with Crippen LogP contribution in [0.2, 0.25) is 25.7 Å². The summed E-state index contributed by atoms with van der Waals surface area (Å²) in [6.07, 6.45) is 6.37. The molecular weight excluding hydrogens is 602 g/mol. The van der Waals surface area contributed by atoms with Crippen molar-refractivity contribution in [3.8, 4) is 23.0 Å². The predicted octanol–water partition coefficient (Wildman–Crippen LogP) is 6.89. The minimum absolute atomic E-state index is 0.0542. The fourth-order valence-electron chi connectivity index (χ4n) is 5.10. The van der Waals surface area contributed by atoms with Crippen molar-refractivity contribution in [2.45, 2.75) is 64.5 Å². The third-order valence-electron chi connectivity index (χ3n) is 8.12. The molecule has 240 valence electrons. The molecule has 45 heavy (non-hydrogen) atoms. The van der Waals surface area contributed by atoms with Gasteiger partial charge in [0.25, 0.3) is 0 Å². The lowest BCUT2D eigenvalue weighted by Crippen LogP contribution is -2.49. The molecule has 2 fully saturated rings. The largest absolute Gasteiger partial charge is 0.450 e. The third-order valence-corrected chi connectivity index (χ3v) is 9.82. The standard InChI is InChI=1S/C31H38F2N6O5Si/c1-31(16-42-17-31)15-35-30(40)36-20-12-22(32)26(23(33)13-20)43-24-8-9-34-27-25(24)21(14-39(27)18-41-10-11-45(2,3)4)29-38-37-28(44-29)19-6-5-7-19/h8-9,12-14,19H,5-7,10-11,15-18H2,1-4H3,(H2,35,36,40). The number of hydrogen-bond acceptors (Lipinski definition) is 8. The molecule has 1 saturated heterocycles. The molecule has 6 rings (SSSR count). The van der Waals surface area contributed by atoms with Crippen LogP contribution in [0.3, 0.4) is 0 Å². The summed E-state index contributed by atoms with van der Waals surface area (Å²) >= 11 is 0. The fourth-order valence-corrected chi connectivity index (χ4v) is 5.85. The van der Waals surface area contributed by atoms with Gasteiger partial charge < -0.3 is 33.8 Å². The second-order valence-corrected chi connectivity index (χ2v) is 19.0. The van der Waals surface area contributed by atoms with Crippen LogP contribution in [0.5, 0.6) is 11.5 Å². The van der Waals surface area contributed by atoms with Crippen molar-refractivity contribution in [1.29, 1.82) is 0 Å². The molecule has 14 heteroatoms. The highest BCUT2D eigenvalue weighted by Crippen LogP contribution is 2.41. The molecule has 3 aromatic heterocycles. The maximum Gasteiger partial charge on any atom is 0.319 e. The van der Waals surface area contributed by atoms with E-state index in [1.54, 1.807) is 10.8 Å². The molecule has 1 aliphatic heterocycles. The van der Waals surface area contributed by atoms with Crippen molar-refractivity contribution in [2.24, 2.45) is 5.41 Å². The highest BCUT2D eigenvalue weighted by molar-refractivity contribution is 6.76. The number of hydrogen-bond donors (Lipinski definition) is 2. The Morgan fingerprint density at radius 3 is 2.58 bits per heavy atom. The summed E-state index contributed by atoms with van der Waals surface area (Å²) in [5, 5.41) is 14.2. The lowest BCUT2D eigenvalue weighted by Gasteiger charge is -2.37. The molecule has 0 radical (unpaired) electrons. The van der Waals surface area contributed by atoms with E-state index in [4.69, 9.17) is 18.6 Å². The number of nitrogens with zero attached hydrogens (tertiary/aromatic N) is 4. The summed E-state index contributed by atoms with van der Waals surface area (Å²) in [6.45, 7) is 11.1. The van der Waals surface area contributed by atoms with Crippen LogP contribution >= 0.6 is 0 Å². The Morgan fingerprint density at radius 1 is 1.18 bits per heavy atom. The number of ether oxygens (including phenoxy) is 3. The summed E-state index contributed by atoms with van der Waals surface area (Å²) in [6, 6.07) is 3.95. The van der Waals surface area contributed by atoms with E-state index in [9.17, 15) is 4.79 Å². The van der Waals surface area contributed by atoms with Gasteiger partial charge in [0.15, 0.2) is 17.4 Å². The van der Waals surface area contributed by atoms with Crippen molar-refractivity contribution >= 4 is 30.8 Å². The quantitative estimate of drug-likeness (QED) is 0.127. The minimum Gasteiger partial charge on any atom is -0.450 e. The van der Waals surface area contributed by atoms with Gasteiger partial charge in [-0.05, 0) is 25.0 Å². The van der Waals surface area contributed by atoms with E-state index >= 15 is 8.78 Å².